The Morgan fingerprint density at radius 1 is 1.30 bits per heavy atom. The van der Waals surface area contributed by atoms with E-state index in [1.807, 2.05) is 6.92 Å². The van der Waals surface area contributed by atoms with Crippen LogP contribution < -0.4 is 10.6 Å². The van der Waals surface area contributed by atoms with Crippen molar-refractivity contribution in [3.63, 3.8) is 0 Å². The molecular weight excluding hydrogens is 260 g/mol. The maximum absolute atomic E-state index is 11.8. The monoisotopic (exact) mass is 276 g/mol. The molecule has 20 heavy (non-hydrogen) atoms. The summed E-state index contributed by atoms with van der Waals surface area (Å²) in [7, 11) is 0. The fraction of sp³-hybridized carbons (Fsp3) is 0.357. The Morgan fingerprint density at radius 3 is 2.65 bits per heavy atom. The van der Waals surface area contributed by atoms with E-state index in [0.717, 1.165) is 0 Å². The largest absolute Gasteiger partial charge is 0.481 e. The predicted molar refractivity (Wildman–Crippen MR) is 72.3 cm³/mol. The third-order valence-electron chi connectivity index (χ3n) is 3.17. The lowest BCUT2D eigenvalue weighted by Gasteiger charge is -2.07. The summed E-state index contributed by atoms with van der Waals surface area (Å²) < 4.78 is 0. The second kappa shape index (κ2) is 5.73. The molecular formula is C14H16N2O4. The SMILES string of the molecule is CCNC(=O)c1cccc(NC(=O)[C@@H]2C[C@@H]2C(=O)O)c1. The van der Waals surface area contributed by atoms with Gasteiger partial charge in [0.15, 0.2) is 0 Å². The molecule has 1 aromatic carbocycles. The van der Waals surface area contributed by atoms with Gasteiger partial charge in [-0.2, -0.15) is 0 Å². The smallest absolute Gasteiger partial charge is 0.307 e. The van der Waals surface area contributed by atoms with Crippen molar-refractivity contribution >= 4 is 23.5 Å². The van der Waals surface area contributed by atoms with E-state index in [0.29, 0.717) is 24.2 Å². The minimum Gasteiger partial charge on any atom is -0.481 e. The van der Waals surface area contributed by atoms with Crippen LogP contribution in [-0.2, 0) is 9.59 Å². The van der Waals surface area contributed by atoms with E-state index >= 15 is 0 Å². The number of amides is 2. The highest BCUT2D eigenvalue weighted by atomic mass is 16.4. The van der Waals surface area contributed by atoms with Crippen molar-refractivity contribution < 1.29 is 19.5 Å². The molecule has 0 spiro atoms. The van der Waals surface area contributed by atoms with Crippen molar-refractivity contribution in [1.29, 1.82) is 0 Å². The van der Waals surface area contributed by atoms with Gasteiger partial charge in [0.1, 0.15) is 0 Å². The van der Waals surface area contributed by atoms with Gasteiger partial charge in [0.05, 0.1) is 11.8 Å². The van der Waals surface area contributed by atoms with Crippen LogP contribution in [0.4, 0.5) is 5.69 Å². The summed E-state index contributed by atoms with van der Waals surface area (Å²) >= 11 is 0. The van der Waals surface area contributed by atoms with Crippen molar-refractivity contribution in [3.8, 4) is 0 Å². The average Bonchev–Trinajstić information content (AvgIpc) is 3.19. The summed E-state index contributed by atoms with van der Waals surface area (Å²) in [6.07, 6.45) is 0.372. The van der Waals surface area contributed by atoms with Gasteiger partial charge >= 0.3 is 5.97 Å². The standard InChI is InChI=1S/C14H16N2O4/c1-2-15-12(17)8-4-3-5-9(6-8)16-13(18)10-7-11(10)14(19)20/h3-6,10-11H,2,7H2,1H3,(H,15,17)(H,16,18)(H,19,20)/t10-,11+/m1/s1. The quantitative estimate of drug-likeness (QED) is 0.750. The lowest BCUT2D eigenvalue weighted by Crippen LogP contribution is -2.23. The number of aliphatic carboxylic acids is 1. The summed E-state index contributed by atoms with van der Waals surface area (Å²) in [5.41, 5.74) is 0.949. The van der Waals surface area contributed by atoms with E-state index in [1.165, 1.54) is 0 Å². The van der Waals surface area contributed by atoms with E-state index in [1.54, 1.807) is 24.3 Å². The molecule has 6 nitrogen and oxygen atoms in total. The molecule has 2 atom stereocenters. The molecule has 2 amide bonds. The molecule has 0 saturated heterocycles. The molecule has 3 N–H and O–H groups in total. The molecule has 106 valence electrons. The van der Waals surface area contributed by atoms with Crippen LogP contribution in [0.3, 0.4) is 0 Å². The van der Waals surface area contributed by atoms with Gasteiger partial charge in [0.25, 0.3) is 5.91 Å². The van der Waals surface area contributed by atoms with Gasteiger partial charge in [-0.1, -0.05) is 6.07 Å². The number of carboxylic acid groups (broad SMARTS) is 1. The van der Waals surface area contributed by atoms with Crippen molar-refractivity contribution in [1.82, 2.24) is 5.32 Å². The van der Waals surface area contributed by atoms with Gasteiger partial charge in [0.2, 0.25) is 5.91 Å². The number of carbonyl (C=O) groups is 3. The molecule has 6 heteroatoms. The topological polar surface area (TPSA) is 95.5 Å². The average molecular weight is 276 g/mol. The summed E-state index contributed by atoms with van der Waals surface area (Å²) in [6.45, 7) is 2.35. The molecule has 1 aliphatic carbocycles. The van der Waals surface area contributed by atoms with Crippen LogP contribution in [0.15, 0.2) is 24.3 Å². The first kappa shape index (κ1) is 14.0. The van der Waals surface area contributed by atoms with Crippen molar-refractivity contribution in [2.24, 2.45) is 11.8 Å². The van der Waals surface area contributed by atoms with E-state index in [-0.39, 0.29) is 11.8 Å². The zero-order valence-corrected chi connectivity index (χ0v) is 11.1. The van der Waals surface area contributed by atoms with Crippen LogP contribution in [-0.4, -0.2) is 29.4 Å². The first-order valence-corrected chi connectivity index (χ1v) is 6.45. The second-order valence-electron chi connectivity index (χ2n) is 4.72. The first-order valence-electron chi connectivity index (χ1n) is 6.45. The van der Waals surface area contributed by atoms with Crippen molar-refractivity contribution in [2.75, 3.05) is 11.9 Å². The highest BCUT2D eigenvalue weighted by Crippen LogP contribution is 2.39. The summed E-state index contributed by atoms with van der Waals surface area (Å²) in [5, 5.41) is 14.1. The van der Waals surface area contributed by atoms with Gasteiger partial charge in [0, 0.05) is 17.8 Å². The van der Waals surface area contributed by atoms with Crippen molar-refractivity contribution in [3.05, 3.63) is 29.8 Å². The zero-order valence-electron chi connectivity index (χ0n) is 11.1. The van der Waals surface area contributed by atoms with Crippen LogP contribution in [0.2, 0.25) is 0 Å². The molecule has 0 radical (unpaired) electrons. The normalized spacial score (nSPS) is 20.1. The Morgan fingerprint density at radius 2 is 2.05 bits per heavy atom. The van der Waals surface area contributed by atoms with Crippen LogP contribution in [0.25, 0.3) is 0 Å². The maximum atomic E-state index is 11.8. The molecule has 0 aromatic heterocycles. The molecule has 0 aliphatic heterocycles. The number of benzene rings is 1. The number of carboxylic acids is 1. The Bertz CT molecular complexity index is 556. The molecule has 1 aliphatic rings. The number of rotatable bonds is 5. The van der Waals surface area contributed by atoms with Gasteiger partial charge in [-0.05, 0) is 31.5 Å². The first-order chi connectivity index (χ1) is 9.52. The molecule has 1 saturated carbocycles. The fourth-order valence-corrected chi connectivity index (χ4v) is 1.99. The summed E-state index contributed by atoms with van der Waals surface area (Å²) in [5.74, 6) is -2.52. The van der Waals surface area contributed by atoms with Gasteiger partial charge < -0.3 is 15.7 Å². The van der Waals surface area contributed by atoms with Crippen LogP contribution in [0.5, 0.6) is 0 Å². The minimum absolute atomic E-state index is 0.210. The Kier molecular flexibility index (Phi) is 4.02. The third kappa shape index (κ3) is 3.14. The number of nitrogens with one attached hydrogen (secondary N) is 2. The molecule has 0 bridgehead atoms. The van der Waals surface area contributed by atoms with E-state index in [2.05, 4.69) is 10.6 Å². The van der Waals surface area contributed by atoms with Crippen molar-refractivity contribution in [2.45, 2.75) is 13.3 Å². The highest BCUT2D eigenvalue weighted by molar-refractivity contribution is 6.00. The lowest BCUT2D eigenvalue weighted by atomic mass is 10.2. The molecule has 0 heterocycles. The van der Waals surface area contributed by atoms with Crippen LogP contribution >= 0.6 is 0 Å². The lowest BCUT2D eigenvalue weighted by molar-refractivity contribution is -0.139. The van der Waals surface area contributed by atoms with Crippen LogP contribution in [0, 0.1) is 11.8 Å². The minimum atomic E-state index is -0.943. The second-order valence-corrected chi connectivity index (χ2v) is 4.72. The van der Waals surface area contributed by atoms with Crippen LogP contribution in [0.1, 0.15) is 23.7 Å². The fourth-order valence-electron chi connectivity index (χ4n) is 1.99. The molecule has 1 aromatic rings. The van der Waals surface area contributed by atoms with Gasteiger partial charge in [-0.3, -0.25) is 14.4 Å². The predicted octanol–water partition coefficient (Wildman–Crippen LogP) is 1.10. The molecule has 0 unspecified atom stereocenters. The summed E-state index contributed by atoms with van der Waals surface area (Å²) in [4.78, 5) is 34.2. The van der Waals surface area contributed by atoms with E-state index < -0.39 is 17.8 Å². The molecule has 1 fully saturated rings. The highest BCUT2D eigenvalue weighted by Gasteiger charge is 2.48. The number of hydrogen-bond acceptors (Lipinski definition) is 3. The maximum Gasteiger partial charge on any atom is 0.307 e. The molecule has 2 rings (SSSR count). The van der Waals surface area contributed by atoms with E-state index in [4.69, 9.17) is 5.11 Å². The number of carbonyl (C=O) groups excluding carboxylic acids is 2. The van der Waals surface area contributed by atoms with Gasteiger partial charge in [-0.25, -0.2) is 0 Å². The number of hydrogen-bond donors (Lipinski definition) is 3. The third-order valence-corrected chi connectivity index (χ3v) is 3.17. The Labute approximate surface area is 116 Å². The zero-order chi connectivity index (χ0) is 14.7. The van der Waals surface area contributed by atoms with Gasteiger partial charge in [-0.15, -0.1) is 0 Å². The Hall–Kier alpha value is -2.37. The summed E-state index contributed by atoms with van der Waals surface area (Å²) in [6, 6.07) is 6.55. The van der Waals surface area contributed by atoms with E-state index in [9.17, 15) is 14.4 Å². The number of anilines is 1. The Balaban J connectivity index is 2.00.